The fraction of sp³-hybridized carbons (Fsp3) is 0.588. The Morgan fingerprint density at radius 3 is 2.62 bits per heavy atom. The molecule has 1 aromatic carbocycles. The van der Waals surface area contributed by atoms with E-state index >= 15 is 0 Å². The van der Waals surface area contributed by atoms with Gasteiger partial charge in [0.1, 0.15) is 11.4 Å². The average molecular weight is 291 g/mol. The third-order valence-corrected chi connectivity index (χ3v) is 3.71. The van der Waals surface area contributed by atoms with Crippen LogP contribution in [-0.2, 0) is 9.53 Å². The predicted octanol–water partition coefficient (Wildman–Crippen LogP) is 2.65. The molecule has 1 aliphatic heterocycles. The Hall–Kier alpha value is -1.55. The number of aryl methyl sites for hydroxylation is 1. The van der Waals surface area contributed by atoms with E-state index in [0.717, 1.165) is 17.9 Å². The quantitative estimate of drug-likeness (QED) is 0.870. The number of benzene rings is 1. The minimum Gasteiger partial charge on any atom is -0.496 e. The van der Waals surface area contributed by atoms with Gasteiger partial charge in [0.05, 0.1) is 13.0 Å². The van der Waals surface area contributed by atoms with Crippen LogP contribution in [0.25, 0.3) is 0 Å². The lowest BCUT2D eigenvalue weighted by Crippen LogP contribution is -2.31. The first kappa shape index (κ1) is 15.8. The molecular weight excluding hydrogens is 266 g/mol. The summed E-state index contributed by atoms with van der Waals surface area (Å²) in [6.45, 7) is 9.16. The van der Waals surface area contributed by atoms with Gasteiger partial charge in [0.15, 0.2) is 0 Å². The molecular formula is C17H25NO3. The smallest absolute Gasteiger partial charge is 0.311 e. The van der Waals surface area contributed by atoms with Gasteiger partial charge in [0, 0.05) is 19.0 Å². The summed E-state index contributed by atoms with van der Waals surface area (Å²) in [5.41, 5.74) is 1.79. The Morgan fingerprint density at radius 2 is 2.00 bits per heavy atom. The van der Waals surface area contributed by atoms with Gasteiger partial charge in [-0.3, -0.25) is 4.79 Å². The van der Waals surface area contributed by atoms with Crippen LogP contribution in [0.5, 0.6) is 5.75 Å². The standard InChI is InChI=1S/C17H25NO3/c1-11-6-7-15(20-5)12(8-11)13-9-18-10-14(13)16(19)21-17(2,3)4/h6-8,13-14,18H,9-10H2,1-5H3/t13-,14+/m0/s1. The molecule has 0 spiro atoms. The highest BCUT2D eigenvalue weighted by Gasteiger charge is 2.38. The van der Waals surface area contributed by atoms with E-state index in [2.05, 4.69) is 11.4 Å². The summed E-state index contributed by atoms with van der Waals surface area (Å²) >= 11 is 0. The van der Waals surface area contributed by atoms with E-state index in [4.69, 9.17) is 9.47 Å². The first-order valence-corrected chi connectivity index (χ1v) is 7.40. The second-order valence-electron chi connectivity index (χ2n) is 6.65. The lowest BCUT2D eigenvalue weighted by Gasteiger charge is -2.25. The number of rotatable bonds is 3. The molecule has 1 aliphatic rings. The maximum Gasteiger partial charge on any atom is 0.311 e. The van der Waals surface area contributed by atoms with Crippen molar-refractivity contribution in [2.45, 2.75) is 39.2 Å². The van der Waals surface area contributed by atoms with Crippen molar-refractivity contribution in [3.8, 4) is 5.75 Å². The molecule has 1 N–H and O–H groups in total. The van der Waals surface area contributed by atoms with E-state index in [0.29, 0.717) is 6.54 Å². The van der Waals surface area contributed by atoms with Crippen molar-refractivity contribution in [1.82, 2.24) is 5.32 Å². The van der Waals surface area contributed by atoms with E-state index in [1.807, 2.05) is 39.8 Å². The molecule has 2 atom stereocenters. The minimum absolute atomic E-state index is 0.0923. The molecule has 1 saturated heterocycles. The molecule has 1 aromatic rings. The fourth-order valence-corrected chi connectivity index (χ4v) is 2.77. The highest BCUT2D eigenvalue weighted by atomic mass is 16.6. The Morgan fingerprint density at radius 1 is 1.29 bits per heavy atom. The van der Waals surface area contributed by atoms with Crippen LogP contribution in [0.4, 0.5) is 0 Å². The Labute approximate surface area is 126 Å². The molecule has 0 saturated carbocycles. The Bertz CT molecular complexity index is 519. The summed E-state index contributed by atoms with van der Waals surface area (Å²) in [6.07, 6.45) is 0. The van der Waals surface area contributed by atoms with Crippen LogP contribution in [0.3, 0.4) is 0 Å². The van der Waals surface area contributed by atoms with Gasteiger partial charge < -0.3 is 14.8 Å². The zero-order valence-corrected chi connectivity index (χ0v) is 13.5. The van der Waals surface area contributed by atoms with E-state index in [9.17, 15) is 4.79 Å². The lowest BCUT2D eigenvalue weighted by atomic mass is 9.87. The minimum atomic E-state index is -0.457. The number of carbonyl (C=O) groups is 1. The van der Waals surface area contributed by atoms with Gasteiger partial charge >= 0.3 is 5.97 Å². The third-order valence-electron chi connectivity index (χ3n) is 3.71. The molecule has 1 fully saturated rings. The molecule has 1 heterocycles. The normalized spacial score (nSPS) is 22.1. The summed E-state index contributed by atoms with van der Waals surface area (Å²) in [5.74, 6) is 0.624. The second kappa shape index (κ2) is 6.06. The van der Waals surface area contributed by atoms with Gasteiger partial charge in [-0.25, -0.2) is 0 Å². The zero-order chi connectivity index (χ0) is 15.6. The van der Waals surface area contributed by atoms with Crippen molar-refractivity contribution in [1.29, 1.82) is 0 Å². The van der Waals surface area contributed by atoms with E-state index in [-0.39, 0.29) is 17.8 Å². The number of hydrogen-bond acceptors (Lipinski definition) is 4. The lowest BCUT2D eigenvalue weighted by molar-refractivity contribution is -0.159. The topological polar surface area (TPSA) is 47.6 Å². The van der Waals surface area contributed by atoms with Crippen LogP contribution in [0.1, 0.15) is 37.8 Å². The van der Waals surface area contributed by atoms with Crippen LogP contribution >= 0.6 is 0 Å². The van der Waals surface area contributed by atoms with Gasteiger partial charge in [-0.15, -0.1) is 0 Å². The van der Waals surface area contributed by atoms with E-state index < -0.39 is 5.60 Å². The van der Waals surface area contributed by atoms with Crippen molar-refractivity contribution in [3.05, 3.63) is 29.3 Å². The highest BCUT2D eigenvalue weighted by molar-refractivity contribution is 5.75. The number of hydrogen-bond donors (Lipinski definition) is 1. The van der Waals surface area contributed by atoms with Crippen LogP contribution in [-0.4, -0.2) is 31.8 Å². The molecule has 2 rings (SSSR count). The van der Waals surface area contributed by atoms with Crippen molar-refractivity contribution < 1.29 is 14.3 Å². The first-order valence-electron chi connectivity index (χ1n) is 7.40. The number of ether oxygens (including phenoxy) is 2. The molecule has 0 amide bonds. The van der Waals surface area contributed by atoms with Crippen LogP contribution in [0, 0.1) is 12.8 Å². The number of carbonyl (C=O) groups excluding carboxylic acids is 1. The Balaban J connectivity index is 2.26. The number of methoxy groups -OCH3 is 1. The molecule has 4 heteroatoms. The molecule has 0 bridgehead atoms. The molecule has 0 aliphatic carbocycles. The summed E-state index contributed by atoms with van der Waals surface area (Å²) in [5, 5.41) is 3.30. The van der Waals surface area contributed by atoms with Crippen molar-refractivity contribution >= 4 is 5.97 Å². The average Bonchev–Trinajstić information content (AvgIpc) is 2.85. The van der Waals surface area contributed by atoms with Gasteiger partial charge in [0.2, 0.25) is 0 Å². The van der Waals surface area contributed by atoms with Gasteiger partial charge in [-0.1, -0.05) is 17.7 Å². The number of esters is 1. The van der Waals surface area contributed by atoms with Crippen LogP contribution in [0.2, 0.25) is 0 Å². The third kappa shape index (κ3) is 3.76. The van der Waals surface area contributed by atoms with E-state index in [1.165, 1.54) is 5.56 Å². The van der Waals surface area contributed by atoms with Gasteiger partial charge in [-0.05, 0) is 39.3 Å². The number of nitrogens with one attached hydrogen (secondary N) is 1. The largest absolute Gasteiger partial charge is 0.496 e. The molecule has 4 nitrogen and oxygen atoms in total. The summed E-state index contributed by atoms with van der Waals surface area (Å²) in [6, 6.07) is 6.09. The Kier molecular flexibility index (Phi) is 4.57. The first-order chi connectivity index (χ1) is 9.81. The zero-order valence-electron chi connectivity index (χ0n) is 13.5. The van der Waals surface area contributed by atoms with E-state index in [1.54, 1.807) is 7.11 Å². The summed E-state index contributed by atoms with van der Waals surface area (Å²) in [7, 11) is 1.67. The maximum absolute atomic E-state index is 12.4. The molecule has 0 aromatic heterocycles. The van der Waals surface area contributed by atoms with Crippen molar-refractivity contribution in [2.75, 3.05) is 20.2 Å². The SMILES string of the molecule is COc1ccc(C)cc1[C@@H]1CNC[C@H]1C(=O)OC(C)(C)C. The van der Waals surface area contributed by atoms with Crippen LogP contribution < -0.4 is 10.1 Å². The van der Waals surface area contributed by atoms with Crippen molar-refractivity contribution in [3.63, 3.8) is 0 Å². The van der Waals surface area contributed by atoms with Gasteiger partial charge in [0.25, 0.3) is 0 Å². The molecule has 0 unspecified atom stereocenters. The molecule has 0 radical (unpaired) electrons. The molecule has 116 valence electrons. The monoisotopic (exact) mass is 291 g/mol. The second-order valence-corrected chi connectivity index (χ2v) is 6.65. The van der Waals surface area contributed by atoms with Gasteiger partial charge in [-0.2, -0.15) is 0 Å². The maximum atomic E-state index is 12.4. The van der Waals surface area contributed by atoms with Crippen LogP contribution in [0.15, 0.2) is 18.2 Å². The summed E-state index contributed by atoms with van der Waals surface area (Å²) in [4.78, 5) is 12.4. The molecule has 21 heavy (non-hydrogen) atoms. The van der Waals surface area contributed by atoms with Crippen molar-refractivity contribution in [2.24, 2.45) is 5.92 Å². The fourth-order valence-electron chi connectivity index (χ4n) is 2.77. The highest BCUT2D eigenvalue weighted by Crippen LogP contribution is 2.36. The predicted molar refractivity (Wildman–Crippen MR) is 82.7 cm³/mol. The summed E-state index contributed by atoms with van der Waals surface area (Å²) < 4.78 is 11.0.